The van der Waals surface area contributed by atoms with Crippen LogP contribution in [0.3, 0.4) is 0 Å². The number of halogens is 2. The Morgan fingerprint density at radius 2 is 2.04 bits per heavy atom. The lowest BCUT2D eigenvalue weighted by molar-refractivity contribution is -0.122. The van der Waals surface area contributed by atoms with Crippen molar-refractivity contribution in [3.63, 3.8) is 0 Å². The number of para-hydroxylation sites is 1. The molecule has 1 aromatic rings. The van der Waals surface area contributed by atoms with Gasteiger partial charge in [0.05, 0.1) is 19.6 Å². The average molecular weight is 361 g/mol. The van der Waals surface area contributed by atoms with E-state index in [9.17, 15) is 9.18 Å². The van der Waals surface area contributed by atoms with Crippen LogP contribution in [0.4, 0.5) is 4.39 Å². The van der Waals surface area contributed by atoms with Gasteiger partial charge in [-0.3, -0.25) is 4.79 Å². The predicted molar refractivity (Wildman–Crippen MR) is 93.2 cm³/mol. The number of carbonyl (C=O) groups excluding carboxylic acids is 1. The third-order valence-corrected chi connectivity index (χ3v) is 4.20. The lowest BCUT2D eigenvalue weighted by Gasteiger charge is -2.37. The Morgan fingerprint density at radius 1 is 1.33 bits per heavy atom. The standard InChI is InChI=1S/C17H25FN2O3.ClH/c1-22-13-17(7-9-19-10-8-17)12-20-16(21)6-11-23-15-5-3-2-4-14(15)18;/h2-5,19H,6-13H2,1H3,(H,20,21);1H. The van der Waals surface area contributed by atoms with E-state index in [1.54, 1.807) is 25.3 Å². The van der Waals surface area contributed by atoms with Crippen LogP contribution in [0.1, 0.15) is 19.3 Å². The maximum absolute atomic E-state index is 13.4. The number of carbonyl (C=O) groups is 1. The first-order chi connectivity index (χ1) is 11.2. The second-order valence-corrected chi connectivity index (χ2v) is 5.99. The van der Waals surface area contributed by atoms with Crippen molar-refractivity contribution in [2.45, 2.75) is 19.3 Å². The molecule has 0 atom stereocenters. The summed E-state index contributed by atoms with van der Waals surface area (Å²) in [7, 11) is 1.69. The quantitative estimate of drug-likeness (QED) is 0.745. The van der Waals surface area contributed by atoms with Crippen molar-refractivity contribution in [2.75, 3.05) is 40.0 Å². The summed E-state index contributed by atoms with van der Waals surface area (Å²) < 4.78 is 24.0. The highest BCUT2D eigenvalue weighted by Gasteiger charge is 2.32. The Hall–Kier alpha value is -1.37. The first-order valence-corrected chi connectivity index (χ1v) is 7.99. The first kappa shape index (κ1) is 20.7. The van der Waals surface area contributed by atoms with E-state index in [4.69, 9.17) is 9.47 Å². The van der Waals surface area contributed by atoms with Gasteiger partial charge in [-0.2, -0.15) is 0 Å². The number of rotatable bonds is 8. The number of ether oxygens (including phenoxy) is 2. The molecular weight excluding hydrogens is 335 g/mol. The van der Waals surface area contributed by atoms with Crippen LogP contribution in [0.2, 0.25) is 0 Å². The van der Waals surface area contributed by atoms with Gasteiger partial charge in [-0.15, -0.1) is 12.4 Å². The highest BCUT2D eigenvalue weighted by atomic mass is 35.5. The van der Waals surface area contributed by atoms with Crippen LogP contribution in [0.15, 0.2) is 24.3 Å². The molecule has 0 radical (unpaired) electrons. The molecular formula is C17H26ClFN2O3. The van der Waals surface area contributed by atoms with Crippen molar-refractivity contribution in [3.8, 4) is 5.75 Å². The van der Waals surface area contributed by atoms with E-state index in [1.165, 1.54) is 6.07 Å². The second-order valence-electron chi connectivity index (χ2n) is 5.99. The van der Waals surface area contributed by atoms with Crippen LogP contribution < -0.4 is 15.4 Å². The Morgan fingerprint density at radius 3 is 2.71 bits per heavy atom. The van der Waals surface area contributed by atoms with Gasteiger partial charge in [-0.1, -0.05) is 12.1 Å². The van der Waals surface area contributed by atoms with Crippen LogP contribution in [0.5, 0.6) is 5.75 Å². The van der Waals surface area contributed by atoms with Gasteiger partial charge < -0.3 is 20.1 Å². The Bertz CT molecular complexity index is 505. The third-order valence-electron chi connectivity index (χ3n) is 4.20. The van der Waals surface area contributed by atoms with Gasteiger partial charge in [0.1, 0.15) is 0 Å². The number of amides is 1. The first-order valence-electron chi connectivity index (χ1n) is 7.99. The highest BCUT2D eigenvalue weighted by molar-refractivity contribution is 5.85. The van der Waals surface area contributed by atoms with Crippen molar-refractivity contribution in [3.05, 3.63) is 30.1 Å². The van der Waals surface area contributed by atoms with Gasteiger partial charge in [0.2, 0.25) is 5.91 Å². The average Bonchev–Trinajstić information content (AvgIpc) is 2.56. The van der Waals surface area contributed by atoms with Crippen LogP contribution in [0.25, 0.3) is 0 Å². The van der Waals surface area contributed by atoms with Crippen molar-refractivity contribution in [1.82, 2.24) is 10.6 Å². The van der Waals surface area contributed by atoms with E-state index in [0.717, 1.165) is 25.9 Å². The number of hydrogen-bond donors (Lipinski definition) is 2. The molecule has 0 spiro atoms. The molecule has 0 unspecified atom stereocenters. The minimum Gasteiger partial charge on any atom is -0.490 e. The highest BCUT2D eigenvalue weighted by Crippen LogP contribution is 2.28. The summed E-state index contributed by atoms with van der Waals surface area (Å²) in [5.41, 5.74) is 0.00204. The number of methoxy groups -OCH3 is 1. The molecule has 7 heteroatoms. The smallest absolute Gasteiger partial charge is 0.223 e. The van der Waals surface area contributed by atoms with Gasteiger partial charge in [0.25, 0.3) is 0 Å². The lowest BCUT2D eigenvalue weighted by Crippen LogP contribution is -2.47. The Kier molecular flexibility index (Phi) is 9.03. The third kappa shape index (κ3) is 6.26. The SMILES string of the molecule is COCC1(CNC(=O)CCOc2ccccc2F)CCNCC1.Cl. The summed E-state index contributed by atoms with van der Waals surface area (Å²) >= 11 is 0. The molecule has 0 bridgehead atoms. The minimum atomic E-state index is -0.415. The molecule has 1 aliphatic heterocycles. The zero-order valence-corrected chi connectivity index (χ0v) is 14.8. The molecule has 1 saturated heterocycles. The molecule has 2 rings (SSSR count). The zero-order chi connectivity index (χ0) is 16.5. The topological polar surface area (TPSA) is 59.6 Å². The number of hydrogen-bond acceptors (Lipinski definition) is 4. The Balaban J connectivity index is 0.00000288. The molecule has 1 amide bonds. The summed E-state index contributed by atoms with van der Waals surface area (Å²) in [6.45, 7) is 3.28. The fraction of sp³-hybridized carbons (Fsp3) is 0.588. The molecule has 136 valence electrons. The van der Waals surface area contributed by atoms with Gasteiger partial charge in [-0.05, 0) is 38.1 Å². The molecule has 1 aliphatic rings. The van der Waals surface area contributed by atoms with E-state index < -0.39 is 5.82 Å². The van der Waals surface area contributed by atoms with Gasteiger partial charge >= 0.3 is 0 Å². The second kappa shape index (κ2) is 10.5. The molecule has 0 saturated carbocycles. The summed E-state index contributed by atoms with van der Waals surface area (Å²) in [4.78, 5) is 12.0. The Labute approximate surface area is 148 Å². The summed E-state index contributed by atoms with van der Waals surface area (Å²) in [5.74, 6) is -0.327. The monoisotopic (exact) mass is 360 g/mol. The van der Waals surface area contributed by atoms with Crippen LogP contribution in [-0.2, 0) is 9.53 Å². The molecule has 1 heterocycles. The van der Waals surface area contributed by atoms with E-state index >= 15 is 0 Å². The molecule has 1 aromatic carbocycles. The van der Waals surface area contributed by atoms with Crippen LogP contribution in [-0.4, -0.2) is 45.9 Å². The molecule has 2 N–H and O–H groups in total. The molecule has 5 nitrogen and oxygen atoms in total. The largest absolute Gasteiger partial charge is 0.490 e. The number of benzene rings is 1. The summed E-state index contributed by atoms with van der Waals surface area (Å²) in [6.07, 6.45) is 2.16. The maximum Gasteiger partial charge on any atom is 0.223 e. The predicted octanol–water partition coefficient (Wildman–Crippen LogP) is 2.15. The van der Waals surface area contributed by atoms with Crippen molar-refractivity contribution in [2.24, 2.45) is 5.41 Å². The van der Waals surface area contributed by atoms with Gasteiger partial charge in [0, 0.05) is 19.1 Å². The zero-order valence-electron chi connectivity index (χ0n) is 14.0. The van der Waals surface area contributed by atoms with E-state index in [0.29, 0.717) is 13.2 Å². The fourth-order valence-electron chi connectivity index (χ4n) is 2.83. The molecule has 0 aliphatic carbocycles. The molecule has 1 fully saturated rings. The van der Waals surface area contributed by atoms with Gasteiger partial charge in [-0.25, -0.2) is 4.39 Å². The van der Waals surface area contributed by atoms with Crippen molar-refractivity contribution in [1.29, 1.82) is 0 Å². The van der Waals surface area contributed by atoms with Gasteiger partial charge in [0.15, 0.2) is 11.6 Å². The summed E-state index contributed by atoms with van der Waals surface area (Å²) in [5, 5.41) is 6.28. The van der Waals surface area contributed by atoms with E-state index in [-0.39, 0.29) is 42.5 Å². The fourth-order valence-corrected chi connectivity index (χ4v) is 2.83. The van der Waals surface area contributed by atoms with Crippen LogP contribution >= 0.6 is 12.4 Å². The van der Waals surface area contributed by atoms with E-state index in [1.807, 2.05) is 0 Å². The van der Waals surface area contributed by atoms with E-state index in [2.05, 4.69) is 10.6 Å². The van der Waals surface area contributed by atoms with Crippen molar-refractivity contribution >= 4 is 18.3 Å². The van der Waals surface area contributed by atoms with Crippen molar-refractivity contribution < 1.29 is 18.7 Å². The number of piperidine rings is 1. The minimum absolute atomic E-state index is 0. The molecule has 24 heavy (non-hydrogen) atoms. The van der Waals surface area contributed by atoms with Crippen LogP contribution in [0, 0.1) is 11.2 Å². The summed E-state index contributed by atoms with van der Waals surface area (Å²) in [6, 6.07) is 6.18. The normalized spacial score (nSPS) is 16.1. The lowest BCUT2D eigenvalue weighted by atomic mass is 9.79. The molecule has 0 aromatic heterocycles. The maximum atomic E-state index is 13.4. The number of nitrogens with one attached hydrogen (secondary N) is 2.